The van der Waals surface area contributed by atoms with E-state index in [4.69, 9.17) is 9.47 Å². The van der Waals surface area contributed by atoms with Crippen molar-refractivity contribution in [2.75, 3.05) is 14.1 Å². The highest BCUT2D eigenvalue weighted by Crippen LogP contribution is 2.37. The van der Waals surface area contributed by atoms with Crippen LogP contribution in [0.5, 0.6) is 17.2 Å². The number of rotatable bonds is 9. The third kappa shape index (κ3) is 7.91. The molecule has 0 spiro atoms. The van der Waals surface area contributed by atoms with Gasteiger partial charge in [0.25, 0.3) is 0 Å². The molecule has 0 aliphatic heterocycles. The van der Waals surface area contributed by atoms with Crippen LogP contribution in [0.15, 0.2) is 101 Å². The van der Waals surface area contributed by atoms with Crippen molar-refractivity contribution in [2.24, 2.45) is 0 Å². The molecular weight excluding hydrogens is 566 g/mol. The van der Waals surface area contributed by atoms with E-state index in [0.717, 1.165) is 29.0 Å². The maximum absolute atomic E-state index is 13.2. The van der Waals surface area contributed by atoms with Crippen molar-refractivity contribution in [1.82, 2.24) is 4.90 Å². The molecule has 0 heterocycles. The van der Waals surface area contributed by atoms with E-state index < -0.39 is 9.84 Å². The summed E-state index contributed by atoms with van der Waals surface area (Å²) in [4.78, 5) is 2.67. The predicted molar refractivity (Wildman–Crippen MR) is 180 cm³/mol. The molecular formula is C38H47NO4S. The molecule has 0 saturated carbocycles. The molecule has 0 radical (unpaired) electrons. The van der Waals surface area contributed by atoms with Gasteiger partial charge in [0.15, 0.2) is 0 Å². The molecule has 0 fully saturated rings. The first-order valence-corrected chi connectivity index (χ1v) is 16.6. The Morgan fingerprint density at radius 3 is 1.55 bits per heavy atom. The van der Waals surface area contributed by atoms with E-state index in [9.17, 15) is 8.42 Å². The van der Waals surface area contributed by atoms with Crippen molar-refractivity contribution in [3.63, 3.8) is 0 Å². The summed E-state index contributed by atoms with van der Waals surface area (Å²) in [6.45, 7) is 17.7. The molecule has 0 bridgehead atoms. The van der Waals surface area contributed by atoms with Crippen molar-refractivity contribution in [3.8, 4) is 17.2 Å². The minimum atomic E-state index is -3.63. The monoisotopic (exact) mass is 613 g/mol. The molecule has 4 rings (SSSR count). The zero-order valence-electron chi connectivity index (χ0n) is 27.9. The minimum absolute atomic E-state index is 0.0440. The summed E-state index contributed by atoms with van der Waals surface area (Å²) in [5.74, 6) is 2.16. The van der Waals surface area contributed by atoms with Crippen molar-refractivity contribution in [2.45, 2.75) is 88.2 Å². The molecule has 0 aliphatic carbocycles. The standard InChI is InChI=1S/C38H47NO4S/c1-36(2,3)28-13-20-33(21-14-28)44(40,41)34-22-18-32(19-23-34)42-31-16-11-29(12-17-31)38(7,8)30-15-24-35(43-37(4,5)6)27(25-30)26-39(9)10/h11-25H,26H2,1-10H3. The van der Waals surface area contributed by atoms with Crippen LogP contribution >= 0.6 is 0 Å². The lowest BCUT2D eigenvalue weighted by Crippen LogP contribution is -2.25. The summed E-state index contributed by atoms with van der Waals surface area (Å²) in [5.41, 5.74) is 4.03. The number of sulfone groups is 1. The van der Waals surface area contributed by atoms with Crippen molar-refractivity contribution < 1.29 is 17.9 Å². The van der Waals surface area contributed by atoms with Crippen molar-refractivity contribution in [3.05, 3.63) is 113 Å². The second kappa shape index (κ2) is 12.4. The number of hydrogen-bond donors (Lipinski definition) is 0. The molecule has 0 aromatic heterocycles. The minimum Gasteiger partial charge on any atom is -0.488 e. The van der Waals surface area contributed by atoms with Crippen LogP contribution in [0.1, 0.15) is 77.6 Å². The lowest BCUT2D eigenvalue weighted by atomic mass is 9.77. The normalized spacial score (nSPS) is 12.8. The summed E-state index contributed by atoms with van der Waals surface area (Å²) in [6.07, 6.45) is 0. The third-order valence-electron chi connectivity index (χ3n) is 7.66. The smallest absolute Gasteiger partial charge is 0.206 e. The average Bonchev–Trinajstić information content (AvgIpc) is 2.93. The third-order valence-corrected chi connectivity index (χ3v) is 9.45. The Bertz CT molecular complexity index is 1670. The van der Waals surface area contributed by atoms with Crippen molar-refractivity contribution >= 4 is 9.84 Å². The number of nitrogens with zero attached hydrogens (tertiary/aromatic N) is 1. The van der Waals surface area contributed by atoms with E-state index >= 15 is 0 Å². The molecule has 234 valence electrons. The summed E-state index contributed by atoms with van der Waals surface area (Å²) < 4.78 is 38.8. The number of ether oxygens (including phenoxy) is 2. The molecule has 0 aliphatic rings. The van der Waals surface area contributed by atoms with E-state index in [2.05, 4.69) is 105 Å². The van der Waals surface area contributed by atoms with Gasteiger partial charge >= 0.3 is 0 Å². The maximum atomic E-state index is 13.2. The van der Waals surface area contributed by atoms with Crippen LogP contribution in [0.3, 0.4) is 0 Å². The Morgan fingerprint density at radius 2 is 1.07 bits per heavy atom. The SMILES string of the molecule is CN(C)Cc1cc(C(C)(C)c2ccc(Oc3ccc(S(=O)(=O)c4ccc(C(C)(C)C)cc4)cc3)cc2)ccc1OC(C)(C)C. The quantitative estimate of drug-likeness (QED) is 0.188. The summed E-state index contributed by atoms with van der Waals surface area (Å²) in [5, 5.41) is 0. The highest BCUT2D eigenvalue weighted by atomic mass is 32.2. The molecule has 5 nitrogen and oxygen atoms in total. The Labute approximate surface area is 264 Å². The van der Waals surface area contributed by atoms with Crippen LogP contribution in [0, 0.1) is 0 Å². The molecule has 0 N–H and O–H groups in total. The molecule has 0 amide bonds. The van der Waals surface area contributed by atoms with Crippen LogP contribution in [-0.4, -0.2) is 33.0 Å². The van der Waals surface area contributed by atoms with Gasteiger partial charge in [-0.2, -0.15) is 0 Å². The maximum Gasteiger partial charge on any atom is 0.206 e. The van der Waals surface area contributed by atoms with Gasteiger partial charge in [-0.1, -0.05) is 65.0 Å². The van der Waals surface area contributed by atoms with Gasteiger partial charge in [0.05, 0.1) is 9.79 Å². The van der Waals surface area contributed by atoms with Gasteiger partial charge in [-0.3, -0.25) is 0 Å². The van der Waals surface area contributed by atoms with Crippen LogP contribution < -0.4 is 9.47 Å². The van der Waals surface area contributed by atoms with Gasteiger partial charge in [-0.25, -0.2) is 8.42 Å². The zero-order valence-corrected chi connectivity index (χ0v) is 28.7. The Balaban J connectivity index is 1.50. The first-order chi connectivity index (χ1) is 20.4. The van der Waals surface area contributed by atoms with E-state index in [1.807, 2.05) is 24.3 Å². The van der Waals surface area contributed by atoms with Crippen LogP contribution in [0.2, 0.25) is 0 Å². The first kappa shape index (κ1) is 33.3. The van der Waals surface area contributed by atoms with Crippen molar-refractivity contribution in [1.29, 1.82) is 0 Å². The fourth-order valence-electron chi connectivity index (χ4n) is 5.06. The van der Waals surface area contributed by atoms with Gasteiger partial charge in [-0.05, 0) is 118 Å². The Kier molecular flexibility index (Phi) is 9.39. The lowest BCUT2D eigenvalue weighted by Gasteiger charge is -2.29. The van der Waals surface area contributed by atoms with E-state index in [0.29, 0.717) is 11.5 Å². The van der Waals surface area contributed by atoms with E-state index in [-0.39, 0.29) is 26.2 Å². The second-order valence-electron chi connectivity index (χ2n) is 14.3. The molecule has 6 heteroatoms. The highest BCUT2D eigenvalue weighted by Gasteiger charge is 2.26. The highest BCUT2D eigenvalue weighted by molar-refractivity contribution is 7.91. The largest absolute Gasteiger partial charge is 0.488 e. The van der Waals surface area contributed by atoms with Crippen LogP contribution in [0.25, 0.3) is 0 Å². The zero-order chi connectivity index (χ0) is 32.5. The van der Waals surface area contributed by atoms with Gasteiger partial charge < -0.3 is 14.4 Å². The number of benzene rings is 4. The summed E-state index contributed by atoms with van der Waals surface area (Å²) in [6, 6.07) is 28.3. The van der Waals surface area contributed by atoms with Crippen LogP contribution in [-0.2, 0) is 27.2 Å². The van der Waals surface area contributed by atoms with E-state index in [1.165, 1.54) is 5.56 Å². The van der Waals surface area contributed by atoms with Gasteiger partial charge in [0.1, 0.15) is 22.8 Å². The molecule has 0 saturated heterocycles. The van der Waals surface area contributed by atoms with Crippen LogP contribution in [0.4, 0.5) is 0 Å². The Morgan fingerprint density at radius 1 is 0.614 bits per heavy atom. The van der Waals surface area contributed by atoms with E-state index in [1.54, 1.807) is 36.4 Å². The molecule has 4 aromatic carbocycles. The lowest BCUT2D eigenvalue weighted by molar-refractivity contribution is 0.128. The first-order valence-electron chi connectivity index (χ1n) is 15.1. The predicted octanol–water partition coefficient (Wildman–Crippen LogP) is 9.17. The molecule has 0 unspecified atom stereocenters. The number of hydrogen-bond acceptors (Lipinski definition) is 5. The van der Waals surface area contributed by atoms with Gasteiger partial charge in [0, 0.05) is 17.5 Å². The fourth-order valence-corrected chi connectivity index (χ4v) is 6.32. The van der Waals surface area contributed by atoms with Gasteiger partial charge in [-0.15, -0.1) is 0 Å². The molecule has 0 atom stereocenters. The average molecular weight is 614 g/mol. The molecule has 44 heavy (non-hydrogen) atoms. The summed E-state index contributed by atoms with van der Waals surface area (Å²) >= 11 is 0. The fraction of sp³-hybridized carbons (Fsp3) is 0.368. The second-order valence-corrected chi connectivity index (χ2v) is 16.2. The van der Waals surface area contributed by atoms with Gasteiger partial charge in [0.2, 0.25) is 9.84 Å². The Hall–Kier alpha value is -3.61. The molecule has 4 aromatic rings. The topological polar surface area (TPSA) is 55.8 Å². The summed E-state index contributed by atoms with van der Waals surface area (Å²) in [7, 11) is 0.503.